The lowest BCUT2D eigenvalue weighted by Crippen LogP contribution is -2.04. The summed E-state index contributed by atoms with van der Waals surface area (Å²) in [6, 6.07) is 3.45. The van der Waals surface area contributed by atoms with Crippen LogP contribution in [0.4, 0.5) is 4.39 Å². The Balaban J connectivity index is 2.34. The maximum atomic E-state index is 13.9. The van der Waals surface area contributed by atoms with E-state index in [1.54, 1.807) is 0 Å². The minimum atomic E-state index is -0.661. The van der Waals surface area contributed by atoms with Gasteiger partial charge in [-0.05, 0) is 37.5 Å². The molecule has 0 aliphatic rings. The third-order valence-electron chi connectivity index (χ3n) is 3.90. The van der Waals surface area contributed by atoms with E-state index in [9.17, 15) is 9.50 Å². The summed E-state index contributed by atoms with van der Waals surface area (Å²) in [5, 5.41) is 10.2. The Hall–Kier alpha value is -0.890. The molecule has 0 aliphatic carbocycles. The molecule has 1 rings (SSSR count). The minimum absolute atomic E-state index is 0.266. The molecule has 1 aromatic carbocycles. The molecular weight excluding hydrogens is 251 g/mol. The van der Waals surface area contributed by atoms with Gasteiger partial charge in [-0.3, -0.25) is 0 Å². The Morgan fingerprint density at radius 3 is 2.20 bits per heavy atom. The van der Waals surface area contributed by atoms with Crippen LogP contribution < -0.4 is 0 Å². The standard InChI is InChI=1S/C18H29FO/c1-4-5-6-7-8-9-10-11-17(20)18-15(3)12-14(2)13-16(18)19/h12-13,17,20H,4-11H2,1-3H3. The first-order chi connectivity index (χ1) is 9.56. The summed E-state index contributed by atoms with van der Waals surface area (Å²) in [5.41, 5.74) is 2.26. The molecule has 20 heavy (non-hydrogen) atoms. The number of aliphatic hydroxyl groups excluding tert-OH is 1. The van der Waals surface area contributed by atoms with Crippen molar-refractivity contribution >= 4 is 0 Å². The maximum Gasteiger partial charge on any atom is 0.129 e. The molecule has 114 valence electrons. The summed E-state index contributed by atoms with van der Waals surface area (Å²) in [4.78, 5) is 0. The van der Waals surface area contributed by atoms with E-state index in [0.717, 1.165) is 24.0 Å². The number of unbranched alkanes of at least 4 members (excludes halogenated alkanes) is 6. The van der Waals surface area contributed by atoms with Crippen LogP contribution in [0.1, 0.15) is 81.1 Å². The molecule has 1 unspecified atom stereocenters. The summed E-state index contributed by atoms with van der Waals surface area (Å²) < 4.78 is 13.9. The van der Waals surface area contributed by atoms with E-state index in [4.69, 9.17) is 0 Å². The van der Waals surface area contributed by atoms with Crippen LogP contribution in [0.3, 0.4) is 0 Å². The molecule has 2 heteroatoms. The highest BCUT2D eigenvalue weighted by atomic mass is 19.1. The lowest BCUT2D eigenvalue weighted by Gasteiger charge is -2.15. The fourth-order valence-corrected chi connectivity index (χ4v) is 2.79. The van der Waals surface area contributed by atoms with Gasteiger partial charge in [-0.2, -0.15) is 0 Å². The van der Waals surface area contributed by atoms with Gasteiger partial charge in [0.25, 0.3) is 0 Å². The Kier molecular flexibility index (Phi) is 7.83. The summed E-state index contributed by atoms with van der Waals surface area (Å²) in [5.74, 6) is -0.266. The molecule has 0 fully saturated rings. The van der Waals surface area contributed by atoms with Crippen LogP contribution in [0.2, 0.25) is 0 Å². The Labute approximate surface area is 123 Å². The molecule has 1 aromatic rings. The van der Waals surface area contributed by atoms with E-state index < -0.39 is 6.10 Å². The van der Waals surface area contributed by atoms with Crippen LogP contribution >= 0.6 is 0 Å². The fraction of sp³-hybridized carbons (Fsp3) is 0.667. The highest BCUT2D eigenvalue weighted by molar-refractivity contribution is 5.33. The number of halogens is 1. The monoisotopic (exact) mass is 280 g/mol. The van der Waals surface area contributed by atoms with Gasteiger partial charge < -0.3 is 5.11 Å². The normalized spacial score (nSPS) is 12.7. The lowest BCUT2D eigenvalue weighted by atomic mass is 9.96. The van der Waals surface area contributed by atoms with Crippen LogP contribution in [0.15, 0.2) is 12.1 Å². The third kappa shape index (κ3) is 5.62. The largest absolute Gasteiger partial charge is 0.388 e. The molecule has 1 atom stereocenters. The average Bonchev–Trinajstić information content (AvgIpc) is 2.36. The second kappa shape index (κ2) is 9.12. The average molecular weight is 280 g/mol. The number of rotatable bonds is 9. The number of benzene rings is 1. The van der Waals surface area contributed by atoms with Crippen molar-refractivity contribution in [3.05, 3.63) is 34.6 Å². The van der Waals surface area contributed by atoms with E-state index >= 15 is 0 Å². The Bertz CT molecular complexity index is 377. The molecule has 0 bridgehead atoms. The highest BCUT2D eigenvalue weighted by Crippen LogP contribution is 2.27. The molecule has 1 nitrogen and oxygen atoms in total. The first-order valence-corrected chi connectivity index (χ1v) is 8.01. The molecule has 0 saturated carbocycles. The SMILES string of the molecule is CCCCCCCCCC(O)c1c(C)cc(C)cc1F. The molecule has 0 heterocycles. The second-order valence-corrected chi connectivity index (χ2v) is 5.90. The van der Waals surface area contributed by atoms with Crippen LogP contribution in [0, 0.1) is 19.7 Å². The first kappa shape index (κ1) is 17.2. The van der Waals surface area contributed by atoms with Crippen molar-refractivity contribution in [2.24, 2.45) is 0 Å². The van der Waals surface area contributed by atoms with E-state index in [2.05, 4.69) is 6.92 Å². The van der Waals surface area contributed by atoms with E-state index in [-0.39, 0.29) is 5.82 Å². The smallest absolute Gasteiger partial charge is 0.129 e. The highest BCUT2D eigenvalue weighted by Gasteiger charge is 2.15. The first-order valence-electron chi connectivity index (χ1n) is 8.01. The zero-order chi connectivity index (χ0) is 15.0. The Morgan fingerprint density at radius 1 is 1.00 bits per heavy atom. The topological polar surface area (TPSA) is 20.2 Å². The van der Waals surface area contributed by atoms with Crippen molar-refractivity contribution < 1.29 is 9.50 Å². The second-order valence-electron chi connectivity index (χ2n) is 5.90. The van der Waals surface area contributed by atoms with Crippen molar-refractivity contribution in [1.29, 1.82) is 0 Å². The van der Waals surface area contributed by atoms with E-state index in [1.807, 2.05) is 19.9 Å². The van der Waals surface area contributed by atoms with Gasteiger partial charge in [-0.15, -0.1) is 0 Å². The number of hydrogen-bond donors (Lipinski definition) is 1. The van der Waals surface area contributed by atoms with Crippen molar-refractivity contribution in [2.45, 2.75) is 78.2 Å². The predicted octanol–water partition coefficient (Wildman–Crippen LogP) is 5.62. The molecule has 0 saturated heterocycles. The molecular formula is C18H29FO. The number of hydrogen-bond acceptors (Lipinski definition) is 1. The molecule has 0 aliphatic heterocycles. The maximum absolute atomic E-state index is 13.9. The van der Waals surface area contributed by atoms with Gasteiger partial charge in [-0.25, -0.2) is 4.39 Å². The summed E-state index contributed by atoms with van der Waals surface area (Å²) in [6.07, 6.45) is 8.50. The minimum Gasteiger partial charge on any atom is -0.388 e. The number of aliphatic hydroxyl groups is 1. The van der Waals surface area contributed by atoms with Crippen molar-refractivity contribution in [3.63, 3.8) is 0 Å². The fourth-order valence-electron chi connectivity index (χ4n) is 2.79. The van der Waals surface area contributed by atoms with Crippen LogP contribution in [-0.4, -0.2) is 5.11 Å². The van der Waals surface area contributed by atoms with Crippen molar-refractivity contribution in [3.8, 4) is 0 Å². The van der Waals surface area contributed by atoms with Gasteiger partial charge in [0.15, 0.2) is 0 Å². The van der Waals surface area contributed by atoms with Gasteiger partial charge in [0.1, 0.15) is 5.82 Å². The van der Waals surface area contributed by atoms with Crippen LogP contribution in [0.25, 0.3) is 0 Å². The van der Waals surface area contributed by atoms with Crippen LogP contribution in [0.5, 0.6) is 0 Å². The van der Waals surface area contributed by atoms with Crippen molar-refractivity contribution in [1.82, 2.24) is 0 Å². The number of aryl methyl sites for hydroxylation is 2. The zero-order valence-corrected chi connectivity index (χ0v) is 13.2. The van der Waals surface area contributed by atoms with Gasteiger partial charge >= 0.3 is 0 Å². The van der Waals surface area contributed by atoms with Gasteiger partial charge in [0.2, 0.25) is 0 Å². The molecule has 0 spiro atoms. The quantitative estimate of drug-likeness (QED) is 0.582. The summed E-state index contributed by atoms with van der Waals surface area (Å²) in [6.45, 7) is 5.97. The van der Waals surface area contributed by atoms with E-state index in [0.29, 0.717) is 12.0 Å². The molecule has 0 aromatic heterocycles. The van der Waals surface area contributed by atoms with Gasteiger partial charge in [-0.1, -0.05) is 57.9 Å². The lowest BCUT2D eigenvalue weighted by molar-refractivity contribution is 0.158. The van der Waals surface area contributed by atoms with Crippen molar-refractivity contribution in [2.75, 3.05) is 0 Å². The molecule has 0 amide bonds. The van der Waals surface area contributed by atoms with Gasteiger partial charge in [0.05, 0.1) is 6.10 Å². The Morgan fingerprint density at radius 2 is 1.60 bits per heavy atom. The zero-order valence-electron chi connectivity index (χ0n) is 13.2. The summed E-state index contributed by atoms with van der Waals surface area (Å²) in [7, 11) is 0. The van der Waals surface area contributed by atoms with Crippen LogP contribution in [-0.2, 0) is 0 Å². The predicted molar refractivity (Wildman–Crippen MR) is 83.4 cm³/mol. The third-order valence-corrected chi connectivity index (χ3v) is 3.90. The molecule has 1 N–H and O–H groups in total. The van der Waals surface area contributed by atoms with Gasteiger partial charge in [0, 0.05) is 5.56 Å². The molecule has 0 radical (unpaired) electrons. The summed E-state index contributed by atoms with van der Waals surface area (Å²) >= 11 is 0. The van der Waals surface area contributed by atoms with E-state index in [1.165, 1.54) is 38.2 Å².